The number of carbonyl (C=O) groups excluding carboxylic acids is 1. The number of carbonyl (C=O) groups is 1. The van der Waals surface area contributed by atoms with Crippen molar-refractivity contribution >= 4 is 17.3 Å². The van der Waals surface area contributed by atoms with E-state index in [-0.39, 0.29) is 11.9 Å². The monoisotopic (exact) mass is 245 g/mol. The lowest BCUT2D eigenvalue weighted by molar-refractivity contribution is -0.119. The summed E-state index contributed by atoms with van der Waals surface area (Å²) in [5, 5.41) is 3.19. The summed E-state index contributed by atoms with van der Waals surface area (Å²) in [6, 6.07) is 6.70. The van der Waals surface area contributed by atoms with Crippen molar-refractivity contribution < 1.29 is 4.79 Å². The fraction of sp³-hybridized carbons (Fsp3) is 0.500. The molecule has 1 N–H and O–H groups in total. The van der Waals surface area contributed by atoms with Gasteiger partial charge in [-0.2, -0.15) is 0 Å². The van der Waals surface area contributed by atoms with Crippen LogP contribution >= 0.6 is 0 Å². The third-order valence-corrected chi connectivity index (χ3v) is 3.89. The van der Waals surface area contributed by atoms with Crippen molar-refractivity contribution in [2.75, 3.05) is 36.5 Å². The zero-order valence-corrected chi connectivity index (χ0v) is 10.9. The Labute approximate surface area is 108 Å². The predicted octanol–water partition coefficient (Wildman–Crippen LogP) is 1.00. The molecule has 4 nitrogen and oxygen atoms in total. The van der Waals surface area contributed by atoms with Crippen molar-refractivity contribution in [2.24, 2.45) is 0 Å². The molecule has 96 valence electrons. The van der Waals surface area contributed by atoms with Gasteiger partial charge in [0.1, 0.15) is 0 Å². The molecule has 18 heavy (non-hydrogen) atoms. The van der Waals surface area contributed by atoms with Gasteiger partial charge in [0.15, 0.2) is 0 Å². The summed E-state index contributed by atoms with van der Waals surface area (Å²) in [7, 11) is 2.11. The number of benzene rings is 1. The van der Waals surface area contributed by atoms with Crippen molar-refractivity contribution in [2.45, 2.75) is 19.4 Å². The molecule has 2 aliphatic heterocycles. The Hall–Kier alpha value is -1.55. The maximum Gasteiger partial charge on any atom is 0.241 e. The van der Waals surface area contributed by atoms with Crippen molar-refractivity contribution in [3.63, 3.8) is 0 Å². The molecule has 1 fully saturated rings. The van der Waals surface area contributed by atoms with E-state index in [0.29, 0.717) is 6.54 Å². The molecule has 0 saturated carbocycles. The fourth-order valence-electron chi connectivity index (χ4n) is 2.92. The van der Waals surface area contributed by atoms with E-state index in [0.717, 1.165) is 25.2 Å². The number of nitrogens with one attached hydrogen (secondary N) is 1. The predicted molar refractivity (Wildman–Crippen MR) is 73.2 cm³/mol. The lowest BCUT2D eigenvalue weighted by atomic mass is 10.0. The fourth-order valence-corrected chi connectivity index (χ4v) is 2.92. The molecule has 0 aliphatic carbocycles. The minimum Gasteiger partial charge on any atom is -0.371 e. The molecule has 2 heterocycles. The van der Waals surface area contributed by atoms with E-state index in [1.807, 2.05) is 4.90 Å². The highest BCUT2D eigenvalue weighted by Crippen LogP contribution is 2.36. The quantitative estimate of drug-likeness (QED) is 0.802. The van der Waals surface area contributed by atoms with Gasteiger partial charge < -0.3 is 15.1 Å². The number of anilines is 2. The molecule has 1 atom stereocenters. The summed E-state index contributed by atoms with van der Waals surface area (Å²) in [4.78, 5) is 16.3. The van der Waals surface area contributed by atoms with Gasteiger partial charge in [0.05, 0.1) is 24.0 Å². The van der Waals surface area contributed by atoms with Crippen LogP contribution in [0.3, 0.4) is 0 Å². The number of amides is 1. The maximum atomic E-state index is 12.1. The second-order valence-electron chi connectivity index (χ2n) is 5.11. The largest absolute Gasteiger partial charge is 0.371 e. The van der Waals surface area contributed by atoms with Gasteiger partial charge in [-0.3, -0.25) is 4.79 Å². The van der Waals surface area contributed by atoms with E-state index in [4.69, 9.17) is 0 Å². The number of nitrogens with zero attached hydrogens (tertiary/aromatic N) is 2. The lowest BCUT2D eigenvalue weighted by Gasteiger charge is -2.44. The minimum absolute atomic E-state index is 0.185. The van der Waals surface area contributed by atoms with E-state index in [2.05, 4.69) is 42.4 Å². The Morgan fingerprint density at radius 3 is 3.00 bits per heavy atom. The van der Waals surface area contributed by atoms with Crippen LogP contribution in [0.15, 0.2) is 18.2 Å². The molecule has 0 radical (unpaired) electrons. The van der Waals surface area contributed by atoms with E-state index < -0.39 is 0 Å². The van der Waals surface area contributed by atoms with Crippen LogP contribution in [0.1, 0.15) is 12.5 Å². The average Bonchev–Trinajstić information content (AvgIpc) is 2.38. The highest BCUT2D eigenvalue weighted by molar-refractivity contribution is 6.00. The van der Waals surface area contributed by atoms with Gasteiger partial charge in [0, 0.05) is 20.1 Å². The van der Waals surface area contributed by atoms with Crippen LogP contribution in [0.5, 0.6) is 0 Å². The molecule has 0 bridgehead atoms. The summed E-state index contributed by atoms with van der Waals surface area (Å²) in [6.07, 6.45) is 1.03. The number of fused-ring (bicyclic) bond motifs is 3. The van der Waals surface area contributed by atoms with Gasteiger partial charge in [-0.25, -0.2) is 0 Å². The van der Waals surface area contributed by atoms with E-state index in [1.165, 1.54) is 11.3 Å². The topological polar surface area (TPSA) is 35.6 Å². The summed E-state index contributed by atoms with van der Waals surface area (Å²) in [6.45, 7) is 4.39. The SMILES string of the molecule is CCc1ccc2c(c1)N(C)CC1CNCC(=O)N21. The first-order chi connectivity index (χ1) is 8.70. The number of aryl methyl sites for hydroxylation is 1. The summed E-state index contributed by atoms with van der Waals surface area (Å²) < 4.78 is 0. The minimum atomic E-state index is 0.185. The van der Waals surface area contributed by atoms with Crippen LogP contribution in [-0.4, -0.2) is 38.6 Å². The van der Waals surface area contributed by atoms with Crippen molar-refractivity contribution in [1.29, 1.82) is 0 Å². The Morgan fingerprint density at radius 1 is 1.39 bits per heavy atom. The van der Waals surface area contributed by atoms with Crippen LogP contribution in [0.4, 0.5) is 11.4 Å². The molecule has 1 aromatic carbocycles. The Bertz CT molecular complexity index is 486. The molecule has 2 aliphatic rings. The van der Waals surface area contributed by atoms with Gasteiger partial charge in [0.25, 0.3) is 0 Å². The van der Waals surface area contributed by atoms with Gasteiger partial charge in [-0.05, 0) is 24.1 Å². The number of hydrogen-bond donors (Lipinski definition) is 1. The van der Waals surface area contributed by atoms with E-state index >= 15 is 0 Å². The van der Waals surface area contributed by atoms with Crippen LogP contribution in [0.25, 0.3) is 0 Å². The smallest absolute Gasteiger partial charge is 0.241 e. The van der Waals surface area contributed by atoms with E-state index in [1.54, 1.807) is 0 Å². The first-order valence-corrected chi connectivity index (χ1v) is 6.57. The molecular formula is C14H19N3O. The van der Waals surface area contributed by atoms with Crippen LogP contribution in [0.2, 0.25) is 0 Å². The molecular weight excluding hydrogens is 226 g/mol. The Balaban J connectivity index is 2.07. The third-order valence-electron chi connectivity index (χ3n) is 3.89. The van der Waals surface area contributed by atoms with Crippen LogP contribution < -0.4 is 15.1 Å². The molecule has 4 heteroatoms. The van der Waals surface area contributed by atoms with E-state index in [9.17, 15) is 4.79 Å². The molecule has 0 aromatic heterocycles. The second-order valence-corrected chi connectivity index (χ2v) is 5.11. The lowest BCUT2D eigenvalue weighted by Crippen LogP contribution is -2.61. The molecule has 3 rings (SSSR count). The molecule has 1 unspecified atom stereocenters. The van der Waals surface area contributed by atoms with Gasteiger partial charge in [-0.15, -0.1) is 0 Å². The van der Waals surface area contributed by atoms with Gasteiger partial charge >= 0.3 is 0 Å². The summed E-state index contributed by atoms with van der Waals surface area (Å²) >= 11 is 0. The van der Waals surface area contributed by atoms with Crippen LogP contribution in [0, 0.1) is 0 Å². The highest BCUT2D eigenvalue weighted by atomic mass is 16.2. The zero-order chi connectivity index (χ0) is 12.7. The average molecular weight is 245 g/mol. The summed E-state index contributed by atoms with van der Waals surface area (Å²) in [5.74, 6) is 0.185. The third kappa shape index (κ3) is 1.68. The standard InChI is InChI=1S/C14H19N3O/c1-3-10-4-5-12-13(6-10)16(2)9-11-7-15-8-14(18)17(11)12/h4-6,11,15H,3,7-9H2,1-2H3. The Morgan fingerprint density at radius 2 is 2.22 bits per heavy atom. The molecule has 1 saturated heterocycles. The molecule has 1 amide bonds. The number of piperazine rings is 1. The second kappa shape index (κ2) is 4.28. The van der Waals surface area contributed by atoms with Crippen molar-refractivity contribution in [1.82, 2.24) is 5.32 Å². The molecule has 1 aromatic rings. The van der Waals surface area contributed by atoms with Crippen molar-refractivity contribution in [3.05, 3.63) is 23.8 Å². The number of likely N-dealkylation sites (N-methyl/N-ethyl adjacent to an activating group) is 1. The maximum absolute atomic E-state index is 12.1. The number of rotatable bonds is 1. The number of hydrogen-bond acceptors (Lipinski definition) is 3. The van der Waals surface area contributed by atoms with Gasteiger partial charge in [0.2, 0.25) is 5.91 Å². The molecule has 0 spiro atoms. The normalized spacial score (nSPS) is 22.8. The zero-order valence-electron chi connectivity index (χ0n) is 10.9. The van der Waals surface area contributed by atoms with Gasteiger partial charge in [-0.1, -0.05) is 13.0 Å². The first kappa shape index (κ1) is 11.5. The summed E-state index contributed by atoms with van der Waals surface area (Å²) in [5.41, 5.74) is 3.57. The van der Waals surface area contributed by atoms with Crippen molar-refractivity contribution in [3.8, 4) is 0 Å². The Kier molecular flexibility index (Phi) is 2.74. The van der Waals surface area contributed by atoms with Crippen LogP contribution in [-0.2, 0) is 11.2 Å². The first-order valence-electron chi connectivity index (χ1n) is 6.57. The highest BCUT2D eigenvalue weighted by Gasteiger charge is 2.35.